The van der Waals surface area contributed by atoms with Gasteiger partial charge in [-0.05, 0) is 13.8 Å². The minimum Gasteiger partial charge on any atom is -0.449 e. The molecular weight excluding hydrogens is 118 g/mol. The number of hydrogen-bond acceptors (Lipinski definition) is 2. The highest BCUT2D eigenvalue weighted by atomic mass is 16.5. The Bertz CT molecular complexity index is 143. The van der Waals surface area contributed by atoms with Crippen LogP contribution in [0.25, 0.3) is 0 Å². The monoisotopic (exact) mass is 127 g/mol. The van der Waals surface area contributed by atoms with Gasteiger partial charge in [-0.2, -0.15) is 0 Å². The maximum Gasteiger partial charge on any atom is 0.418 e. The number of rotatable bonds is 1. The molecule has 0 bridgehead atoms. The standard InChI is InChI=1S/C6H9NO2/c1-3-5-7-6(8)9-4-2/h4H2,1-2H3,(H,7,8). The van der Waals surface area contributed by atoms with Crippen LogP contribution in [-0.2, 0) is 4.74 Å². The van der Waals surface area contributed by atoms with Crippen molar-refractivity contribution in [1.82, 2.24) is 5.32 Å². The average molecular weight is 127 g/mol. The number of nitrogens with one attached hydrogen (secondary N) is 1. The molecular formula is C6H9NO2. The molecule has 0 atom stereocenters. The largest absolute Gasteiger partial charge is 0.449 e. The molecule has 0 unspecified atom stereocenters. The molecule has 3 heteroatoms. The lowest BCUT2D eigenvalue weighted by Crippen LogP contribution is -2.18. The van der Waals surface area contributed by atoms with Crippen LogP contribution in [0.5, 0.6) is 0 Å². The van der Waals surface area contributed by atoms with E-state index >= 15 is 0 Å². The summed E-state index contributed by atoms with van der Waals surface area (Å²) < 4.78 is 4.49. The Morgan fingerprint density at radius 3 is 2.89 bits per heavy atom. The fraction of sp³-hybridized carbons (Fsp3) is 0.500. The number of alkyl carbamates (subject to hydrolysis) is 1. The molecule has 0 aromatic rings. The van der Waals surface area contributed by atoms with Gasteiger partial charge in [0.2, 0.25) is 0 Å². The van der Waals surface area contributed by atoms with Crippen molar-refractivity contribution in [3.63, 3.8) is 0 Å². The first kappa shape index (κ1) is 7.83. The van der Waals surface area contributed by atoms with Gasteiger partial charge in [-0.15, -0.1) is 0 Å². The van der Waals surface area contributed by atoms with Crippen LogP contribution < -0.4 is 5.32 Å². The summed E-state index contributed by atoms with van der Waals surface area (Å²) in [5, 5.41) is 2.21. The molecule has 1 amide bonds. The van der Waals surface area contributed by atoms with Crippen molar-refractivity contribution in [2.75, 3.05) is 6.61 Å². The molecule has 0 aromatic carbocycles. The van der Waals surface area contributed by atoms with Crippen molar-refractivity contribution < 1.29 is 9.53 Å². The van der Waals surface area contributed by atoms with E-state index in [9.17, 15) is 4.79 Å². The van der Waals surface area contributed by atoms with Gasteiger partial charge in [0.05, 0.1) is 6.61 Å². The highest BCUT2D eigenvalue weighted by Gasteiger charge is 1.92. The highest BCUT2D eigenvalue weighted by Crippen LogP contribution is 1.72. The summed E-state index contributed by atoms with van der Waals surface area (Å²) in [6, 6.07) is 2.36. The van der Waals surface area contributed by atoms with Crippen LogP contribution in [0.1, 0.15) is 13.8 Å². The first-order valence-electron chi connectivity index (χ1n) is 2.65. The molecule has 0 aliphatic rings. The van der Waals surface area contributed by atoms with Crippen LogP contribution >= 0.6 is 0 Å². The second kappa shape index (κ2) is 4.98. The van der Waals surface area contributed by atoms with Gasteiger partial charge in [0, 0.05) is 6.04 Å². The molecule has 9 heavy (non-hydrogen) atoms. The molecule has 0 aromatic heterocycles. The van der Waals surface area contributed by atoms with Gasteiger partial charge in [-0.1, -0.05) is 5.92 Å². The summed E-state index contributed by atoms with van der Waals surface area (Å²) in [5.74, 6) is 2.50. The third-order valence-corrected chi connectivity index (χ3v) is 0.565. The maximum atomic E-state index is 10.4. The van der Waals surface area contributed by atoms with E-state index in [1.807, 2.05) is 0 Å². The van der Waals surface area contributed by atoms with E-state index in [1.165, 1.54) is 0 Å². The molecule has 0 fully saturated rings. The van der Waals surface area contributed by atoms with Crippen LogP contribution in [0.15, 0.2) is 0 Å². The molecule has 0 rings (SSSR count). The van der Waals surface area contributed by atoms with Gasteiger partial charge < -0.3 is 4.74 Å². The van der Waals surface area contributed by atoms with E-state index in [-0.39, 0.29) is 0 Å². The van der Waals surface area contributed by atoms with Gasteiger partial charge in [-0.3, -0.25) is 0 Å². The first-order chi connectivity index (χ1) is 4.31. The van der Waals surface area contributed by atoms with E-state index in [4.69, 9.17) is 0 Å². The van der Waals surface area contributed by atoms with Crippen LogP contribution in [0.3, 0.4) is 0 Å². The van der Waals surface area contributed by atoms with Gasteiger partial charge in [0.15, 0.2) is 0 Å². The Labute approximate surface area is 54.4 Å². The molecule has 0 heterocycles. The lowest BCUT2D eigenvalue weighted by Gasteiger charge is -1.95. The Morgan fingerprint density at radius 1 is 1.78 bits per heavy atom. The van der Waals surface area contributed by atoms with E-state index in [0.29, 0.717) is 6.61 Å². The summed E-state index contributed by atoms with van der Waals surface area (Å²) in [4.78, 5) is 10.4. The van der Waals surface area contributed by atoms with Crippen LogP contribution in [0.2, 0.25) is 0 Å². The summed E-state index contributed by atoms with van der Waals surface area (Å²) in [6.07, 6.45) is -0.494. The smallest absolute Gasteiger partial charge is 0.418 e. The quantitative estimate of drug-likeness (QED) is 0.416. The van der Waals surface area contributed by atoms with Crippen LogP contribution in [-0.4, -0.2) is 12.7 Å². The summed E-state index contributed by atoms with van der Waals surface area (Å²) >= 11 is 0. The van der Waals surface area contributed by atoms with Gasteiger partial charge in [-0.25, -0.2) is 10.1 Å². The Hall–Kier alpha value is -1.17. The zero-order chi connectivity index (χ0) is 7.11. The van der Waals surface area contributed by atoms with Gasteiger partial charge >= 0.3 is 6.09 Å². The zero-order valence-electron chi connectivity index (χ0n) is 5.52. The van der Waals surface area contributed by atoms with E-state index in [2.05, 4.69) is 22.0 Å². The highest BCUT2D eigenvalue weighted by molar-refractivity contribution is 5.69. The summed E-state index contributed by atoms with van der Waals surface area (Å²) in [5.41, 5.74) is 0. The fourth-order valence-electron chi connectivity index (χ4n) is 0.281. The zero-order valence-corrected chi connectivity index (χ0v) is 5.52. The number of carbonyl (C=O) groups excluding carboxylic acids is 1. The maximum absolute atomic E-state index is 10.4. The molecule has 0 saturated carbocycles. The predicted molar refractivity (Wildman–Crippen MR) is 33.6 cm³/mol. The predicted octanol–water partition coefficient (Wildman–Crippen LogP) is 0.713. The van der Waals surface area contributed by atoms with Crippen molar-refractivity contribution in [3.8, 4) is 12.0 Å². The number of ether oxygens (including phenoxy) is 1. The van der Waals surface area contributed by atoms with Crippen molar-refractivity contribution in [2.45, 2.75) is 13.8 Å². The fourth-order valence-corrected chi connectivity index (χ4v) is 0.281. The normalized spacial score (nSPS) is 6.89. The molecule has 1 N–H and O–H groups in total. The topological polar surface area (TPSA) is 38.3 Å². The van der Waals surface area contributed by atoms with E-state index < -0.39 is 6.09 Å². The molecule has 50 valence electrons. The Morgan fingerprint density at radius 2 is 2.44 bits per heavy atom. The minimum atomic E-state index is -0.494. The van der Waals surface area contributed by atoms with Gasteiger partial charge in [0.25, 0.3) is 0 Å². The molecule has 0 aliphatic heterocycles. The average Bonchev–Trinajstić information content (AvgIpc) is 1.85. The third kappa shape index (κ3) is 4.69. The molecule has 0 aliphatic carbocycles. The minimum absolute atomic E-state index is 0.372. The van der Waals surface area contributed by atoms with Crippen LogP contribution in [0, 0.1) is 12.0 Å². The lowest BCUT2D eigenvalue weighted by atomic mass is 10.8. The van der Waals surface area contributed by atoms with Crippen molar-refractivity contribution >= 4 is 6.09 Å². The lowest BCUT2D eigenvalue weighted by molar-refractivity contribution is 0.157. The molecule has 0 saturated heterocycles. The summed E-state index contributed by atoms with van der Waals surface area (Å²) in [6.45, 7) is 3.74. The number of carbonyl (C=O) groups is 1. The van der Waals surface area contributed by atoms with Crippen molar-refractivity contribution in [3.05, 3.63) is 0 Å². The van der Waals surface area contributed by atoms with E-state index in [0.717, 1.165) is 0 Å². The van der Waals surface area contributed by atoms with Crippen molar-refractivity contribution in [2.24, 2.45) is 0 Å². The number of amides is 1. The van der Waals surface area contributed by atoms with E-state index in [1.54, 1.807) is 13.8 Å². The Kier molecular flexibility index (Phi) is 4.33. The number of hydrogen-bond donors (Lipinski definition) is 1. The van der Waals surface area contributed by atoms with Crippen molar-refractivity contribution in [1.29, 1.82) is 0 Å². The summed E-state index contributed by atoms with van der Waals surface area (Å²) in [7, 11) is 0. The second-order valence-electron chi connectivity index (χ2n) is 1.22. The second-order valence-corrected chi connectivity index (χ2v) is 1.22. The Balaban J connectivity index is 3.35. The SMILES string of the molecule is CC#CNC(=O)OCC. The third-order valence-electron chi connectivity index (χ3n) is 0.565. The van der Waals surface area contributed by atoms with Gasteiger partial charge in [0.1, 0.15) is 0 Å². The van der Waals surface area contributed by atoms with Crippen LogP contribution in [0.4, 0.5) is 4.79 Å². The molecule has 0 spiro atoms. The molecule has 3 nitrogen and oxygen atoms in total. The molecule has 0 radical (unpaired) electrons. The first-order valence-corrected chi connectivity index (χ1v) is 2.65.